The van der Waals surface area contributed by atoms with Gasteiger partial charge in [0.25, 0.3) is 0 Å². The molecular weight excluding hydrogens is 236 g/mol. The third kappa shape index (κ3) is 4.38. The van der Waals surface area contributed by atoms with Gasteiger partial charge in [-0.2, -0.15) is 0 Å². The van der Waals surface area contributed by atoms with Crippen LogP contribution in [0.4, 0.5) is 0 Å². The number of nitrogens with one attached hydrogen (secondary N) is 1. The van der Waals surface area contributed by atoms with Crippen LogP contribution < -0.4 is 10.1 Å². The van der Waals surface area contributed by atoms with Gasteiger partial charge < -0.3 is 10.1 Å². The third-order valence-corrected chi connectivity index (χ3v) is 3.10. The molecule has 1 aromatic heterocycles. The highest BCUT2D eigenvalue weighted by Crippen LogP contribution is 2.15. The number of pyridine rings is 1. The van der Waals surface area contributed by atoms with E-state index < -0.39 is 0 Å². The van der Waals surface area contributed by atoms with E-state index in [1.807, 2.05) is 30.6 Å². The lowest BCUT2D eigenvalue weighted by Crippen LogP contribution is -2.20. The van der Waals surface area contributed by atoms with Crippen molar-refractivity contribution in [3.05, 3.63) is 59.4 Å². The summed E-state index contributed by atoms with van der Waals surface area (Å²) in [6.45, 7) is 6.56. The lowest BCUT2D eigenvalue weighted by Gasteiger charge is -2.09. The van der Waals surface area contributed by atoms with Gasteiger partial charge >= 0.3 is 0 Å². The molecule has 0 aliphatic carbocycles. The van der Waals surface area contributed by atoms with E-state index in [1.54, 1.807) is 0 Å². The van der Waals surface area contributed by atoms with Crippen LogP contribution in [0.2, 0.25) is 0 Å². The van der Waals surface area contributed by atoms with Gasteiger partial charge in [-0.15, -0.1) is 0 Å². The molecule has 1 N–H and O–H groups in total. The lowest BCUT2D eigenvalue weighted by molar-refractivity contribution is 0.313. The van der Waals surface area contributed by atoms with Crippen molar-refractivity contribution < 1.29 is 4.74 Å². The number of ether oxygens (including phenoxy) is 1. The smallest absolute Gasteiger partial charge is 0.119 e. The van der Waals surface area contributed by atoms with Gasteiger partial charge in [0.1, 0.15) is 12.4 Å². The molecule has 0 amide bonds. The summed E-state index contributed by atoms with van der Waals surface area (Å²) in [5.41, 5.74) is 3.80. The first kappa shape index (κ1) is 13.6. The molecule has 0 aliphatic rings. The van der Waals surface area contributed by atoms with Gasteiger partial charge in [0.05, 0.1) is 0 Å². The third-order valence-electron chi connectivity index (χ3n) is 3.10. The molecule has 2 aromatic rings. The highest BCUT2D eigenvalue weighted by Gasteiger charge is 1.97. The second-order valence-electron chi connectivity index (χ2n) is 4.63. The molecular formula is C16H20N2O. The van der Waals surface area contributed by atoms with Crippen molar-refractivity contribution >= 4 is 0 Å². The topological polar surface area (TPSA) is 34.1 Å². The Balaban J connectivity index is 1.68. The van der Waals surface area contributed by atoms with E-state index >= 15 is 0 Å². The predicted molar refractivity (Wildman–Crippen MR) is 77.4 cm³/mol. The summed E-state index contributed by atoms with van der Waals surface area (Å²) in [7, 11) is 0. The van der Waals surface area contributed by atoms with Crippen LogP contribution >= 0.6 is 0 Å². The maximum atomic E-state index is 5.70. The van der Waals surface area contributed by atoms with Gasteiger partial charge in [-0.1, -0.05) is 6.07 Å². The Bertz CT molecular complexity index is 511. The van der Waals surface area contributed by atoms with E-state index in [2.05, 4.69) is 36.3 Å². The standard InChI is InChI=1S/C16H20N2O/c1-13-3-4-16(11-14(13)2)19-10-9-18-12-15-5-7-17-8-6-15/h3-8,11,18H,9-10,12H2,1-2H3. The summed E-state index contributed by atoms with van der Waals surface area (Å²) in [5.74, 6) is 0.939. The van der Waals surface area contributed by atoms with Gasteiger partial charge in [-0.25, -0.2) is 0 Å². The minimum absolute atomic E-state index is 0.674. The first-order valence-electron chi connectivity index (χ1n) is 6.55. The number of nitrogens with zero attached hydrogens (tertiary/aromatic N) is 1. The van der Waals surface area contributed by atoms with Crippen LogP contribution in [0.15, 0.2) is 42.7 Å². The van der Waals surface area contributed by atoms with E-state index in [0.29, 0.717) is 6.61 Å². The van der Waals surface area contributed by atoms with Crippen molar-refractivity contribution in [2.24, 2.45) is 0 Å². The average molecular weight is 256 g/mol. The molecule has 3 nitrogen and oxygen atoms in total. The molecule has 3 heteroatoms. The van der Waals surface area contributed by atoms with Crippen LogP contribution in [0.1, 0.15) is 16.7 Å². The molecule has 0 spiro atoms. The van der Waals surface area contributed by atoms with Gasteiger partial charge in [0.2, 0.25) is 0 Å². The van der Waals surface area contributed by atoms with Crippen molar-refractivity contribution in [2.75, 3.05) is 13.2 Å². The molecule has 19 heavy (non-hydrogen) atoms. The highest BCUT2D eigenvalue weighted by molar-refractivity contribution is 5.33. The van der Waals surface area contributed by atoms with Crippen LogP contribution in [0, 0.1) is 13.8 Å². The summed E-state index contributed by atoms with van der Waals surface area (Å²) >= 11 is 0. The molecule has 0 bridgehead atoms. The zero-order valence-electron chi connectivity index (χ0n) is 11.5. The minimum Gasteiger partial charge on any atom is -0.492 e. The number of benzene rings is 1. The number of rotatable bonds is 6. The Morgan fingerprint density at radius 3 is 2.58 bits per heavy atom. The first-order chi connectivity index (χ1) is 9.25. The van der Waals surface area contributed by atoms with Crippen molar-refractivity contribution in [1.82, 2.24) is 10.3 Å². The largest absolute Gasteiger partial charge is 0.492 e. The molecule has 2 rings (SSSR count). The Hall–Kier alpha value is -1.87. The molecule has 0 saturated heterocycles. The number of aromatic nitrogens is 1. The summed E-state index contributed by atoms with van der Waals surface area (Å²) in [4.78, 5) is 3.99. The second-order valence-corrected chi connectivity index (χ2v) is 4.63. The zero-order valence-corrected chi connectivity index (χ0v) is 11.5. The number of hydrogen-bond acceptors (Lipinski definition) is 3. The van der Waals surface area contributed by atoms with Gasteiger partial charge in [-0.05, 0) is 54.8 Å². The Kier molecular flexibility index (Phi) is 4.93. The quantitative estimate of drug-likeness (QED) is 0.807. The van der Waals surface area contributed by atoms with Crippen molar-refractivity contribution in [3.63, 3.8) is 0 Å². The van der Waals surface area contributed by atoms with E-state index in [-0.39, 0.29) is 0 Å². The fraction of sp³-hybridized carbons (Fsp3) is 0.312. The van der Waals surface area contributed by atoms with Crippen LogP contribution in [0.25, 0.3) is 0 Å². The Labute approximate surface area is 114 Å². The fourth-order valence-corrected chi connectivity index (χ4v) is 1.78. The molecule has 0 fully saturated rings. The molecule has 1 aromatic carbocycles. The summed E-state index contributed by atoms with van der Waals surface area (Å²) in [6, 6.07) is 10.2. The summed E-state index contributed by atoms with van der Waals surface area (Å²) in [5, 5.41) is 3.35. The average Bonchev–Trinajstić information content (AvgIpc) is 2.43. The molecule has 0 aliphatic heterocycles. The van der Waals surface area contributed by atoms with Crippen LogP contribution in [-0.2, 0) is 6.54 Å². The Morgan fingerprint density at radius 1 is 1.05 bits per heavy atom. The van der Waals surface area contributed by atoms with Gasteiger partial charge in [0, 0.05) is 25.5 Å². The molecule has 0 saturated carbocycles. The molecule has 0 atom stereocenters. The fourth-order valence-electron chi connectivity index (χ4n) is 1.78. The Morgan fingerprint density at radius 2 is 1.84 bits per heavy atom. The monoisotopic (exact) mass is 256 g/mol. The zero-order chi connectivity index (χ0) is 13.5. The van der Waals surface area contributed by atoms with Crippen molar-refractivity contribution in [2.45, 2.75) is 20.4 Å². The summed E-state index contributed by atoms with van der Waals surface area (Å²) in [6.07, 6.45) is 3.62. The van der Waals surface area contributed by atoms with Crippen LogP contribution in [-0.4, -0.2) is 18.1 Å². The number of hydrogen-bond donors (Lipinski definition) is 1. The van der Waals surface area contributed by atoms with E-state index in [0.717, 1.165) is 18.8 Å². The number of aryl methyl sites for hydroxylation is 2. The molecule has 1 heterocycles. The van der Waals surface area contributed by atoms with Gasteiger partial charge in [0.15, 0.2) is 0 Å². The molecule has 0 unspecified atom stereocenters. The maximum absolute atomic E-state index is 5.70. The van der Waals surface area contributed by atoms with Gasteiger partial charge in [-0.3, -0.25) is 4.98 Å². The highest BCUT2D eigenvalue weighted by atomic mass is 16.5. The lowest BCUT2D eigenvalue weighted by atomic mass is 10.1. The molecule has 100 valence electrons. The van der Waals surface area contributed by atoms with E-state index in [9.17, 15) is 0 Å². The maximum Gasteiger partial charge on any atom is 0.119 e. The van der Waals surface area contributed by atoms with Crippen molar-refractivity contribution in [1.29, 1.82) is 0 Å². The van der Waals surface area contributed by atoms with Crippen LogP contribution in [0.5, 0.6) is 5.75 Å². The summed E-state index contributed by atoms with van der Waals surface area (Å²) < 4.78 is 5.70. The second kappa shape index (κ2) is 6.90. The minimum atomic E-state index is 0.674. The first-order valence-corrected chi connectivity index (χ1v) is 6.55. The van der Waals surface area contributed by atoms with Crippen molar-refractivity contribution in [3.8, 4) is 5.75 Å². The normalized spacial score (nSPS) is 10.4. The van der Waals surface area contributed by atoms with E-state index in [1.165, 1.54) is 16.7 Å². The molecule has 0 radical (unpaired) electrons. The SMILES string of the molecule is Cc1ccc(OCCNCc2ccncc2)cc1C. The van der Waals surface area contributed by atoms with E-state index in [4.69, 9.17) is 4.74 Å². The van der Waals surface area contributed by atoms with Crippen LogP contribution in [0.3, 0.4) is 0 Å². The predicted octanol–water partition coefficient (Wildman–Crippen LogP) is 2.87.